The average Bonchev–Trinajstić information content (AvgIpc) is 3.32. The second-order valence-corrected chi connectivity index (χ2v) is 6.53. The number of nitrogens with zero attached hydrogens (tertiary/aromatic N) is 3. The Morgan fingerprint density at radius 1 is 1.08 bits per heavy atom. The number of aromatic nitrogens is 3. The van der Waals surface area contributed by atoms with E-state index in [9.17, 15) is 4.79 Å². The van der Waals surface area contributed by atoms with Crippen LogP contribution < -0.4 is 5.32 Å². The van der Waals surface area contributed by atoms with E-state index in [-0.39, 0.29) is 5.91 Å². The van der Waals surface area contributed by atoms with Crippen LogP contribution >= 0.6 is 11.3 Å². The fraction of sp³-hybridized carbons (Fsp3) is 0.105. The first-order chi connectivity index (χ1) is 12.3. The molecule has 3 aromatic heterocycles. The number of thiophene rings is 1. The summed E-state index contributed by atoms with van der Waals surface area (Å²) >= 11 is 1.66. The SMILES string of the molecule is O=C(NCCn1ccc(-c2cccs2)n1)c1ccc2ccccc2n1. The van der Waals surface area contributed by atoms with Crippen LogP contribution in [0.15, 0.2) is 66.2 Å². The number of carbonyl (C=O) groups excluding carboxylic acids is 1. The van der Waals surface area contributed by atoms with Crippen molar-refractivity contribution in [3.8, 4) is 10.6 Å². The average molecular weight is 348 g/mol. The van der Waals surface area contributed by atoms with Gasteiger partial charge >= 0.3 is 0 Å². The van der Waals surface area contributed by atoms with Gasteiger partial charge in [-0.2, -0.15) is 5.10 Å². The highest BCUT2D eigenvalue weighted by Crippen LogP contribution is 2.22. The highest BCUT2D eigenvalue weighted by atomic mass is 32.1. The summed E-state index contributed by atoms with van der Waals surface area (Å²) < 4.78 is 1.84. The maximum atomic E-state index is 12.3. The van der Waals surface area contributed by atoms with E-state index >= 15 is 0 Å². The van der Waals surface area contributed by atoms with Crippen LogP contribution in [0.5, 0.6) is 0 Å². The van der Waals surface area contributed by atoms with Gasteiger partial charge in [0.25, 0.3) is 5.91 Å². The highest BCUT2D eigenvalue weighted by Gasteiger charge is 2.08. The monoisotopic (exact) mass is 348 g/mol. The number of para-hydroxylation sites is 1. The van der Waals surface area contributed by atoms with Crippen molar-refractivity contribution in [3.63, 3.8) is 0 Å². The van der Waals surface area contributed by atoms with Gasteiger partial charge in [0.15, 0.2) is 0 Å². The smallest absolute Gasteiger partial charge is 0.269 e. The molecule has 1 amide bonds. The fourth-order valence-electron chi connectivity index (χ4n) is 2.61. The Balaban J connectivity index is 1.37. The predicted molar refractivity (Wildman–Crippen MR) is 99.6 cm³/mol. The Morgan fingerprint density at radius 3 is 2.88 bits per heavy atom. The van der Waals surface area contributed by atoms with Gasteiger partial charge in [-0.3, -0.25) is 9.48 Å². The van der Waals surface area contributed by atoms with Crippen LogP contribution in [-0.4, -0.2) is 27.2 Å². The number of rotatable bonds is 5. The Labute approximate surface area is 149 Å². The first-order valence-corrected chi connectivity index (χ1v) is 8.89. The number of hydrogen-bond acceptors (Lipinski definition) is 4. The molecule has 4 rings (SSSR count). The van der Waals surface area contributed by atoms with Gasteiger partial charge in [-0.05, 0) is 29.6 Å². The van der Waals surface area contributed by atoms with Crippen molar-refractivity contribution in [1.82, 2.24) is 20.1 Å². The van der Waals surface area contributed by atoms with E-state index in [1.54, 1.807) is 17.4 Å². The van der Waals surface area contributed by atoms with Crippen molar-refractivity contribution >= 4 is 28.1 Å². The minimum atomic E-state index is -0.170. The molecule has 0 unspecified atom stereocenters. The molecule has 1 N–H and O–H groups in total. The second-order valence-electron chi connectivity index (χ2n) is 5.59. The van der Waals surface area contributed by atoms with E-state index in [1.165, 1.54) is 0 Å². The lowest BCUT2D eigenvalue weighted by Crippen LogP contribution is -2.28. The van der Waals surface area contributed by atoms with Crippen LogP contribution in [0.25, 0.3) is 21.5 Å². The van der Waals surface area contributed by atoms with E-state index in [0.29, 0.717) is 18.8 Å². The Kier molecular flexibility index (Phi) is 4.26. The summed E-state index contributed by atoms with van der Waals surface area (Å²) in [6, 6.07) is 17.5. The number of nitrogens with one attached hydrogen (secondary N) is 1. The van der Waals surface area contributed by atoms with Crippen LogP contribution in [0.4, 0.5) is 0 Å². The number of carbonyl (C=O) groups is 1. The van der Waals surface area contributed by atoms with Crippen molar-refractivity contribution in [3.05, 3.63) is 71.9 Å². The van der Waals surface area contributed by atoms with E-state index in [0.717, 1.165) is 21.5 Å². The summed E-state index contributed by atoms with van der Waals surface area (Å²) in [7, 11) is 0. The standard InChI is InChI=1S/C19H16N4OS/c24-19(17-8-7-14-4-1-2-5-15(14)21-17)20-10-12-23-11-9-16(22-23)18-6-3-13-25-18/h1-9,11,13H,10,12H2,(H,20,24). The van der Waals surface area contributed by atoms with Gasteiger partial charge < -0.3 is 5.32 Å². The molecule has 4 aromatic rings. The van der Waals surface area contributed by atoms with Crippen molar-refractivity contribution in [2.75, 3.05) is 6.54 Å². The quantitative estimate of drug-likeness (QED) is 0.599. The number of benzene rings is 1. The highest BCUT2D eigenvalue weighted by molar-refractivity contribution is 7.13. The summed E-state index contributed by atoms with van der Waals surface area (Å²) in [5.41, 5.74) is 2.21. The number of pyridine rings is 1. The minimum Gasteiger partial charge on any atom is -0.349 e. The van der Waals surface area contributed by atoms with Gasteiger partial charge in [-0.15, -0.1) is 11.3 Å². The molecule has 0 saturated carbocycles. The Morgan fingerprint density at radius 2 is 2.00 bits per heavy atom. The molecule has 0 aliphatic heterocycles. The van der Waals surface area contributed by atoms with Crippen LogP contribution in [0, 0.1) is 0 Å². The van der Waals surface area contributed by atoms with Gasteiger partial charge in [0.05, 0.1) is 16.9 Å². The third-order valence-electron chi connectivity index (χ3n) is 3.87. The third kappa shape index (κ3) is 3.44. The molecule has 0 atom stereocenters. The van der Waals surface area contributed by atoms with Crippen LogP contribution in [0.1, 0.15) is 10.5 Å². The molecule has 6 heteroatoms. The molecule has 3 heterocycles. The van der Waals surface area contributed by atoms with E-state index in [1.807, 2.05) is 64.8 Å². The summed E-state index contributed by atoms with van der Waals surface area (Å²) in [5.74, 6) is -0.170. The van der Waals surface area contributed by atoms with Crippen LogP contribution in [-0.2, 0) is 6.54 Å². The molecular weight excluding hydrogens is 332 g/mol. The molecule has 124 valence electrons. The second kappa shape index (κ2) is 6.86. The molecular formula is C19H16N4OS. The molecule has 0 bridgehead atoms. The summed E-state index contributed by atoms with van der Waals surface area (Å²) in [6.45, 7) is 1.11. The van der Waals surface area contributed by atoms with Gasteiger partial charge in [-0.25, -0.2) is 4.98 Å². The van der Waals surface area contributed by atoms with Gasteiger partial charge in [-0.1, -0.05) is 30.3 Å². The molecule has 0 spiro atoms. The lowest BCUT2D eigenvalue weighted by atomic mass is 10.2. The summed E-state index contributed by atoms with van der Waals surface area (Å²) in [6.07, 6.45) is 1.93. The van der Waals surface area contributed by atoms with Crippen molar-refractivity contribution in [1.29, 1.82) is 0 Å². The van der Waals surface area contributed by atoms with E-state index in [4.69, 9.17) is 0 Å². The zero-order valence-corrected chi connectivity index (χ0v) is 14.2. The van der Waals surface area contributed by atoms with Crippen molar-refractivity contribution in [2.24, 2.45) is 0 Å². The van der Waals surface area contributed by atoms with Crippen LogP contribution in [0.2, 0.25) is 0 Å². The zero-order valence-electron chi connectivity index (χ0n) is 13.4. The number of fused-ring (bicyclic) bond motifs is 1. The Hall–Kier alpha value is -2.99. The molecule has 1 aromatic carbocycles. The molecule has 0 fully saturated rings. The molecule has 0 aliphatic carbocycles. The van der Waals surface area contributed by atoms with Gasteiger partial charge in [0.1, 0.15) is 11.4 Å². The van der Waals surface area contributed by atoms with E-state index in [2.05, 4.69) is 15.4 Å². The van der Waals surface area contributed by atoms with Gasteiger partial charge in [0.2, 0.25) is 0 Å². The summed E-state index contributed by atoms with van der Waals surface area (Å²) in [5, 5.41) is 10.5. The maximum absolute atomic E-state index is 12.3. The lowest BCUT2D eigenvalue weighted by Gasteiger charge is -2.06. The van der Waals surface area contributed by atoms with Crippen molar-refractivity contribution in [2.45, 2.75) is 6.54 Å². The molecule has 0 aliphatic rings. The van der Waals surface area contributed by atoms with E-state index < -0.39 is 0 Å². The topological polar surface area (TPSA) is 59.8 Å². The first-order valence-electron chi connectivity index (χ1n) is 8.01. The maximum Gasteiger partial charge on any atom is 0.269 e. The van der Waals surface area contributed by atoms with Crippen LogP contribution in [0.3, 0.4) is 0 Å². The number of amides is 1. The third-order valence-corrected chi connectivity index (χ3v) is 4.76. The lowest BCUT2D eigenvalue weighted by molar-refractivity contribution is 0.0947. The normalized spacial score (nSPS) is 10.9. The molecule has 0 saturated heterocycles. The number of hydrogen-bond donors (Lipinski definition) is 1. The van der Waals surface area contributed by atoms with Gasteiger partial charge in [0, 0.05) is 18.1 Å². The largest absolute Gasteiger partial charge is 0.349 e. The predicted octanol–water partition coefficient (Wildman–Crippen LogP) is 3.59. The summed E-state index contributed by atoms with van der Waals surface area (Å²) in [4.78, 5) is 17.8. The molecule has 5 nitrogen and oxygen atoms in total. The fourth-order valence-corrected chi connectivity index (χ4v) is 3.30. The minimum absolute atomic E-state index is 0.170. The molecule has 0 radical (unpaired) electrons. The van der Waals surface area contributed by atoms with Crippen molar-refractivity contribution < 1.29 is 4.79 Å². The Bertz CT molecular complexity index is 1010. The first kappa shape index (κ1) is 15.5. The zero-order chi connectivity index (χ0) is 17.1. The molecule has 25 heavy (non-hydrogen) atoms.